The Morgan fingerprint density at radius 2 is 2.12 bits per heavy atom. The summed E-state index contributed by atoms with van der Waals surface area (Å²) in [6.07, 6.45) is 2.33. The van der Waals surface area contributed by atoms with E-state index in [9.17, 15) is 0 Å². The standard InChI is InChI=1S/C18H25N5O2S/c1-12-6-8-23(9-7-12)15-10-16(24-3)21-17(20-15)22-18(26)19-11-14-5-4-13(2)25-14/h4-5,10,12H,6-9,11H2,1-3H3,(H2,19,20,21,22,26). The molecule has 0 aromatic carbocycles. The third kappa shape index (κ3) is 4.85. The number of aromatic nitrogens is 2. The first kappa shape index (κ1) is 18.4. The molecule has 2 aromatic rings. The third-order valence-corrected chi connectivity index (χ3v) is 4.70. The molecule has 1 fully saturated rings. The molecule has 0 saturated carbocycles. The number of furan rings is 1. The smallest absolute Gasteiger partial charge is 0.234 e. The fourth-order valence-electron chi connectivity index (χ4n) is 2.87. The highest BCUT2D eigenvalue weighted by Crippen LogP contribution is 2.25. The lowest BCUT2D eigenvalue weighted by Gasteiger charge is -2.31. The highest BCUT2D eigenvalue weighted by molar-refractivity contribution is 7.80. The van der Waals surface area contributed by atoms with E-state index in [1.54, 1.807) is 7.11 Å². The SMILES string of the molecule is COc1cc(N2CCC(C)CC2)nc(NC(=S)NCc2ccc(C)o2)n1. The highest BCUT2D eigenvalue weighted by Gasteiger charge is 2.19. The number of anilines is 2. The van der Waals surface area contributed by atoms with Crippen molar-refractivity contribution in [1.29, 1.82) is 0 Å². The van der Waals surface area contributed by atoms with Gasteiger partial charge in [0.25, 0.3) is 0 Å². The van der Waals surface area contributed by atoms with Gasteiger partial charge in [-0.05, 0) is 50.0 Å². The van der Waals surface area contributed by atoms with Crippen LogP contribution in [0.15, 0.2) is 22.6 Å². The quantitative estimate of drug-likeness (QED) is 0.772. The zero-order valence-corrected chi connectivity index (χ0v) is 16.2. The van der Waals surface area contributed by atoms with E-state index in [4.69, 9.17) is 21.4 Å². The summed E-state index contributed by atoms with van der Waals surface area (Å²) in [5, 5.41) is 6.56. The van der Waals surface area contributed by atoms with E-state index in [1.165, 1.54) is 0 Å². The Kier molecular flexibility index (Phi) is 5.92. The van der Waals surface area contributed by atoms with Crippen LogP contribution >= 0.6 is 12.2 Å². The molecule has 2 aromatic heterocycles. The second kappa shape index (κ2) is 8.35. The number of rotatable bonds is 5. The van der Waals surface area contributed by atoms with Crippen LogP contribution in [0.4, 0.5) is 11.8 Å². The second-order valence-electron chi connectivity index (χ2n) is 6.58. The molecule has 1 aliphatic rings. The number of ether oxygens (including phenoxy) is 1. The van der Waals surface area contributed by atoms with Gasteiger partial charge in [-0.15, -0.1) is 0 Å². The summed E-state index contributed by atoms with van der Waals surface area (Å²) in [5.74, 6) is 4.25. The summed E-state index contributed by atoms with van der Waals surface area (Å²) in [6, 6.07) is 5.70. The Morgan fingerprint density at radius 3 is 2.77 bits per heavy atom. The van der Waals surface area contributed by atoms with Gasteiger partial charge >= 0.3 is 0 Å². The van der Waals surface area contributed by atoms with E-state index >= 15 is 0 Å². The number of aryl methyl sites for hydroxylation is 1. The lowest BCUT2D eigenvalue weighted by Crippen LogP contribution is -2.34. The maximum absolute atomic E-state index is 5.52. The molecular formula is C18H25N5O2S. The zero-order valence-electron chi connectivity index (χ0n) is 15.4. The summed E-state index contributed by atoms with van der Waals surface area (Å²) in [4.78, 5) is 11.2. The molecule has 1 aliphatic heterocycles. The van der Waals surface area contributed by atoms with Gasteiger partial charge in [0, 0.05) is 19.2 Å². The molecule has 8 heteroatoms. The van der Waals surface area contributed by atoms with Crippen molar-refractivity contribution in [3.63, 3.8) is 0 Å². The fraction of sp³-hybridized carbons (Fsp3) is 0.500. The van der Waals surface area contributed by atoms with Crippen LogP contribution in [0.1, 0.15) is 31.3 Å². The Hall–Kier alpha value is -2.35. The Morgan fingerprint density at radius 1 is 1.35 bits per heavy atom. The number of piperidine rings is 1. The number of nitrogens with one attached hydrogen (secondary N) is 2. The van der Waals surface area contributed by atoms with Gasteiger partial charge in [-0.25, -0.2) is 0 Å². The predicted octanol–water partition coefficient (Wildman–Crippen LogP) is 3.11. The van der Waals surface area contributed by atoms with Crippen molar-refractivity contribution >= 4 is 29.1 Å². The Bertz CT molecular complexity index is 756. The van der Waals surface area contributed by atoms with E-state index in [0.717, 1.165) is 49.2 Å². The van der Waals surface area contributed by atoms with E-state index in [2.05, 4.69) is 32.4 Å². The number of thiocarbonyl (C=S) groups is 1. The summed E-state index contributed by atoms with van der Waals surface area (Å²) >= 11 is 5.34. The minimum Gasteiger partial charge on any atom is -0.481 e. The normalized spacial score (nSPS) is 15.0. The average Bonchev–Trinajstić information content (AvgIpc) is 3.05. The van der Waals surface area contributed by atoms with Crippen LogP contribution in [0.5, 0.6) is 5.88 Å². The molecule has 3 rings (SSSR count). The number of nitrogens with zero attached hydrogens (tertiary/aromatic N) is 3. The van der Waals surface area contributed by atoms with Gasteiger partial charge in [0.2, 0.25) is 11.8 Å². The topological polar surface area (TPSA) is 75.5 Å². The number of hydrogen-bond acceptors (Lipinski definition) is 6. The van der Waals surface area contributed by atoms with Gasteiger partial charge in [-0.1, -0.05) is 6.92 Å². The largest absolute Gasteiger partial charge is 0.481 e. The highest BCUT2D eigenvalue weighted by atomic mass is 32.1. The lowest BCUT2D eigenvalue weighted by atomic mass is 9.99. The van der Waals surface area contributed by atoms with Crippen LogP contribution in [0.2, 0.25) is 0 Å². The Labute approximate surface area is 159 Å². The molecule has 0 bridgehead atoms. The summed E-state index contributed by atoms with van der Waals surface area (Å²) < 4.78 is 10.8. The third-order valence-electron chi connectivity index (χ3n) is 4.45. The first-order chi connectivity index (χ1) is 12.5. The first-order valence-corrected chi connectivity index (χ1v) is 9.22. The zero-order chi connectivity index (χ0) is 18.5. The van der Waals surface area contributed by atoms with Gasteiger partial charge in [-0.3, -0.25) is 0 Å². The van der Waals surface area contributed by atoms with Crippen LogP contribution in [-0.4, -0.2) is 35.3 Å². The molecule has 0 amide bonds. The maximum Gasteiger partial charge on any atom is 0.234 e. The molecular weight excluding hydrogens is 350 g/mol. The minimum atomic E-state index is 0.422. The van der Waals surface area contributed by atoms with E-state index in [0.29, 0.717) is 23.5 Å². The molecule has 0 aliphatic carbocycles. The molecule has 1 saturated heterocycles. The molecule has 2 N–H and O–H groups in total. The molecule has 0 unspecified atom stereocenters. The number of methoxy groups -OCH3 is 1. The lowest BCUT2D eigenvalue weighted by molar-refractivity contribution is 0.396. The monoisotopic (exact) mass is 375 g/mol. The van der Waals surface area contributed by atoms with Crippen molar-refractivity contribution in [2.75, 3.05) is 30.4 Å². The van der Waals surface area contributed by atoms with Crippen molar-refractivity contribution in [3.05, 3.63) is 29.7 Å². The van der Waals surface area contributed by atoms with Gasteiger partial charge in [0.15, 0.2) is 5.11 Å². The first-order valence-electron chi connectivity index (χ1n) is 8.81. The molecule has 3 heterocycles. The Balaban J connectivity index is 1.64. The van der Waals surface area contributed by atoms with Crippen molar-refractivity contribution in [2.24, 2.45) is 5.92 Å². The van der Waals surface area contributed by atoms with Gasteiger partial charge in [0.1, 0.15) is 17.3 Å². The molecule has 7 nitrogen and oxygen atoms in total. The second-order valence-corrected chi connectivity index (χ2v) is 6.99. The molecule has 26 heavy (non-hydrogen) atoms. The molecule has 0 spiro atoms. The van der Waals surface area contributed by atoms with Crippen molar-refractivity contribution in [1.82, 2.24) is 15.3 Å². The summed E-state index contributed by atoms with van der Waals surface area (Å²) in [5.41, 5.74) is 0. The van der Waals surface area contributed by atoms with Crippen LogP contribution in [0.25, 0.3) is 0 Å². The van der Waals surface area contributed by atoms with Crippen LogP contribution in [0, 0.1) is 12.8 Å². The van der Waals surface area contributed by atoms with Gasteiger partial charge in [0.05, 0.1) is 13.7 Å². The van der Waals surface area contributed by atoms with Crippen molar-refractivity contribution in [2.45, 2.75) is 33.2 Å². The van der Waals surface area contributed by atoms with Crippen LogP contribution in [-0.2, 0) is 6.54 Å². The van der Waals surface area contributed by atoms with Gasteiger partial charge in [-0.2, -0.15) is 9.97 Å². The van der Waals surface area contributed by atoms with Crippen LogP contribution in [0.3, 0.4) is 0 Å². The summed E-state index contributed by atoms with van der Waals surface area (Å²) in [7, 11) is 1.60. The fourth-order valence-corrected chi connectivity index (χ4v) is 3.03. The maximum atomic E-state index is 5.52. The van der Waals surface area contributed by atoms with Crippen LogP contribution < -0.4 is 20.3 Å². The average molecular weight is 375 g/mol. The predicted molar refractivity (Wildman–Crippen MR) is 106 cm³/mol. The number of hydrogen-bond donors (Lipinski definition) is 2. The summed E-state index contributed by atoms with van der Waals surface area (Å²) in [6.45, 7) is 6.67. The van der Waals surface area contributed by atoms with E-state index < -0.39 is 0 Å². The minimum absolute atomic E-state index is 0.422. The molecule has 0 atom stereocenters. The van der Waals surface area contributed by atoms with E-state index in [1.807, 2.05) is 25.1 Å². The molecule has 140 valence electrons. The molecule has 0 radical (unpaired) electrons. The van der Waals surface area contributed by atoms with E-state index in [-0.39, 0.29) is 0 Å². The van der Waals surface area contributed by atoms with Crippen molar-refractivity contribution < 1.29 is 9.15 Å². The van der Waals surface area contributed by atoms with Gasteiger partial charge < -0.3 is 24.7 Å². The van der Waals surface area contributed by atoms with Crippen molar-refractivity contribution in [3.8, 4) is 5.88 Å².